The van der Waals surface area contributed by atoms with E-state index in [4.69, 9.17) is 4.74 Å². The van der Waals surface area contributed by atoms with Crippen LogP contribution in [0.15, 0.2) is 0 Å². The van der Waals surface area contributed by atoms with Crippen LogP contribution in [0.2, 0.25) is 0 Å². The van der Waals surface area contributed by atoms with E-state index in [0.29, 0.717) is 12.1 Å². The lowest BCUT2D eigenvalue weighted by atomic mass is 10.2. The summed E-state index contributed by atoms with van der Waals surface area (Å²) in [7, 11) is 0. The summed E-state index contributed by atoms with van der Waals surface area (Å²) in [5, 5.41) is 3.60. The first-order valence-corrected chi connectivity index (χ1v) is 7.63. The maximum absolute atomic E-state index is 12.1. The van der Waals surface area contributed by atoms with Crippen molar-refractivity contribution in [2.75, 3.05) is 13.1 Å². The summed E-state index contributed by atoms with van der Waals surface area (Å²) in [4.78, 5) is 14.0. The van der Waals surface area contributed by atoms with E-state index >= 15 is 0 Å². The van der Waals surface area contributed by atoms with E-state index < -0.39 is 5.60 Å². The van der Waals surface area contributed by atoms with Gasteiger partial charge in [-0.2, -0.15) is 0 Å². The first-order chi connectivity index (χ1) is 8.90. The second kappa shape index (κ2) is 5.70. The highest BCUT2D eigenvalue weighted by Gasteiger charge is 2.37. The van der Waals surface area contributed by atoms with Crippen molar-refractivity contribution in [1.82, 2.24) is 10.2 Å². The minimum absolute atomic E-state index is 0.153. The lowest BCUT2D eigenvalue weighted by Gasteiger charge is -2.28. The largest absolute Gasteiger partial charge is 0.444 e. The van der Waals surface area contributed by atoms with Crippen molar-refractivity contribution in [3.05, 3.63) is 0 Å². The molecule has 1 amide bonds. The summed E-state index contributed by atoms with van der Waals surface area (Å²) in [6, 6.07) is 0.999. The van der Waals surface area contributed by atoms with Crippen LogP contribution in [0.25, 0.3) is 0 Å². The number of nitrogens with zero attached hydrogens (tertiary/aromatic N) is 1. The van der Waals surface area contributed by atoms with Gasteiger partial charge in [0.2, 0.25) is 0 Å². The van der Waals surface area contributed by atoms with Gasteiger partial charge < -0.3 is 15.0 Å². The third-order valence-corrected chi connectivity index (χ3v) is 4.07. The summed E-state index contributed by atoms with van der Waals surface area (Å²) in [5.41, 5.74) is -0.401. The summed E-state index contributed by atoms with van der Waals surface area (Å²) in [5.74, 6) is 0.858. The maximum Gasteiger partial charge on any atom is 0.410 e. The highest BCUT2D eigenvalue weighted by molar-refractivity contribution is 5.69. The van der Waals surface area contributed by atoms with Gasteiger partial charge in [0, 0.05) is 25.2 Å². The predicted octanol–water partition coefficient (Wildman–Crippen LogP) is 2.77. The quantitative estimate of drug-likeness (QED) is 0.852. The van der Waals surface area contributed by atoms with Crippen LogP contribution in [0.5, 0.6) is 0 Å². The van der Waals surface area contributed by atoms with E-state index in [-0.39, 0.29) is 6.09 Å². The lowest BCUT2D eigenvalue weighted by molar-refractivity contribution is 0.0226. The maximum atomic E-state index is 12.1. The van der Waals surface area contributed by atoms with E-state index in [1.807, 2.05) is 25.7 Å². The smallest absolute Gasteiger partial charge is 0.410 e. The van der Waals surface area contributed by atoms with Gasteiger partial charge in [-0.15, -0.1) is 0 Å². The first-order valence-electron chi connectivity index (χ1n) is 7.63. The van der Waals surface area contributed by atoms with Gasteiger partial charge in [-0.25, -0.2) is 4.79 Å². The number of hydrogen-bond donors (Lipinski definition) is 1. The van der Waals surface area contributed by atoms with Gasteiger partial charge >= 0.3 is 6.09 Å². The monoisotopic (exact) mass is 268 g/mol. The molecule has 0 spiro atoms. The van der Waals surface area contributed by atoms with Gasteiger partial charge in [-0.1, -0.05) is 13.3 Å². The number of rotatable bonds is 4. The lowest BCUT2D eigenvalue weighted by Crippen LogP contribution is -2.44. The number of likely N-dealkylation sites (tertiary alicyclic amines) is 1. The van der Waals surface area contributed by atoms with Gasteiger partial charge in [0.15, 0.2) is 0 Å². The first kappa shape index (κ1) is 14.6. The van der Waals surface area contributed by atoms with Crippen LogP contribution >= 0.6 is 0 Å². The number of carbonyl (C=O) groups is 1. The fourth-order valence-electron chi connectivity index (χ4n) is 2.85. The number of nitrogens with one attached hydrogen (secondary N) is 1. The molecule has 0 aromatic carbocycles. The molecule has 110 valence electrons. The molecule has 2 fully saturated rings. The third-order valence-electron chi connectivity index (χ3n) is 4.07. The van der Waals surface area contributed by atoms with Crippen LogP contribution in [-0.2, 0) is 4.74 Å². The van der Waals surface area contributed by atoms with Crippen LogP contribution in [-0.4, -0.2) is 41.8 Å². The van der Waals surface area contributed by atoms with Crippen molar-refractivity contribution in [3.8, 4) is 0 Å². The number of amides is 1. The summed E-state index contributed by atoms with van der Waals surface area (Å²) in [6.45, 7) is 9.76. The van der Waals surface area contributed by atoms with E-state index in [2.05, 4.69) is 12.2 Å². The average Bonchev–Trinajstić information content (AvgIpc) is 2.90. The third kappa shape index (κ3) is 4.10. The molecule has 1 saturated heterocycles. The minimum atomic E-state index is -0.401. The molecule has 3 atom stereocenters. The van der Waals surface area contributed by atoms with Gasteiger partial charge in [-0.3, -0.25) is 0 Å². The highest BCUT2D eigenvalue weighted by atomic mass is 16.6. The molecule has 1 saturated carbocycles. The molecular weight excluding hydrogens is 240 g/mol. The molecule has 4 heteroatoms. The van der Waals surface area contributed by atoms with Gasteiger partial charge in [0.25, 0.3) is 0 Å². The summed E-state index contributed by atoms with van der Waals surface area (Å²) >= 11 is 0. The molecule has 1 N–H and O–H groups in total. The molecule has 0 radical (unpaired) electrons. The topological polar surface area (TPSA) is 41.6 Å². The van der Waals surface area contributed by atoms with Crippen molar-refractivity contribution < 1.29 is 9.53 Å². The Kier molecular flexibility index (Phi) is 4.39. The number of carbonyl (C=O) groups excluding carboxylic acids is 1. The number of ether oxygens (including phenoxy) is 1. The zero-order valence-corrected chi connectivity index (χ0v) is 12.7. The zero-order chi connectivity index (χ0) is 14.0. The normalized spacial score (nSPS) is 30.5. The van der Waals surface area contributed by atoms with Gasteiger partial charge in [-0.05, 0) is 46.0 Å². The Morgan fingerprint density at radius 3 is 2.74 bits per heavy atom. The summed E-state index contributed by atoms with van der Waals surface area (Å²) < 4.78 is 5.48. The molecule has 1 aliphatic carbocycles. The van der Waals surface area contributed by atoms with Crippen LogP contribution in [0, 0.1) is 5.92 Å². The Labute approximate surface area is 116 Å². The molecule has 2 aliphatic rings. The van der Waals surface area contributed by atoms with Crippen molar-refractivity contribution in [2.45, 2.75) is 71.1 Å². The van der Waals surface area contributed by atoms with Crippen LogP contribution < -0.4 is 5.32 Å². The number of hydrogen-bond acceptors (Lipinski definition) is 3. The SMILES string of the molecule is CCC1CC1NCC1CCCN1C(=O)OC(C)(C)C. The minimum Gasteiger partial charge on any atom is -0.444 e. The van der Waals surface area contributed by atoms with E-state index in [1.165, 1.54) is 12.8 Å². The molecule has 19 heavy (non-hydrogen) atoms. The van der Waals surface area contributed by atoms with E-state index in [9.17, 15) is 4.79 Å². The predicted molar refractivity (Wildman–Crippen MR) is 76.2 cm³/mol. The van der Waals surface area contributed by atoms with Crippen molar-refractivity contribution in [3.63, 3.8) is 0 Å². The van der Waals surface area contributed by atoms with Crippen molar-refractivity contribution in [2.24, 2.45) is 5.92 Å². The molecule has 0 aromatic rings. The summed E-state index contributed by atoms with van der Waals surface area (Å²) in [6.07, 6.45) is 4.59. The van der Waals surface area contributed by atoms with Gasteiger partial charge in [0.1, 0.15) is 5.60 Å². The van der Waals surface area contributed by atoms with Crippen LogP contribution in [0.4, 0.5) is 4.79 Å². The van der Waals surface area contributed by atoms with Crippen molar-refractivity contribution >= 4 is 6.09 Å². The molecule has 0 aromatic heterocycles. The Morgan fingerprint density at radius 2 is 2.16 bits per heavy atom. The van der Waals surface area contributed by atoms with E-state index in [0.717, 1.165) is 31.8 Å². The molecule has 1 heterocycles. The van der Waals surface area contributed by atoms with E-state index in [1.54, 1.807) is 0 Å². The molecule has 4 nitrogen and oxygen atoms in total. The molecular formula is C15H28N2O2. The zero-order valence-electron chi connectivity index (χ0n) is 12.7. The Hall–Kier alpha value is -0.770. The standard InChI is InChI=1S/C15H28N2O2/c1-5-11-9-13(11)16-10-12-7-6-8-17(12)14(18)19-15(2,3)4/h11-13,16H,5-10H2,1-4H3. The Bertz CT molecular complexity index is 325. The molecule has 0 bridgehead atoms. The van der Waals surface area contributed by atoms with Crippen LogP contribution in [0.1, 0.15) is 53.4 Å². The fraction of sp³-hybridized carbons (Fsp3) is 0.933. The second-order valence-corrected chi connectivity index (χ2v) is 6.89. The molecule has 3 unspecified atom stereocenters. The molecule has 1 aliphatic heterocycles. The fourth-order valence-corrected chi connectivity index (χ4v) is 2.85. The van der Waals surface area contributed by atoms with Gasteiger partial charge in [0.05, 0.1) is 0 Å². The van der Waals surface area contributed by atoms with Crippen LogP contribution in [0.3, 0.4) is 0 Å². The molecule has 2 rings (SSSR count). The highest BCUT2D eigenvalue weighted by Crippen LogP contribution is 2.33. The Morgan fingerprint density at radius 1 is 1.42 bits per heavy atom. The van der Waals surface area contributed by atoms with Crippen molar-refractivity contribution in [1.29, 1.82) is 0 Å². The Balaban J connectivity index is 1.78. The second-order valence-electron chi connectivity index (χ2n) is 6.89. The average molecular weight is 268 g/mol.